The Balaban J connectivity index is 1.86. The summed E-state index contributed by atoms with van der Waals surface area (Å²) in [5.41, 5.74) is 1.02. The van der Waals surface area contributed by atoms with Crippen LogP contribution in [0.2, 0.25) is 0 Å². The van der Waals surface area contributed by atoms with E-state index in [2.05, 4.69) is 9.97 Å². The Kier molecular flexibility index (Phi) is 2.85. The number of Topliss-reactive ketones (excluding diaryl/α,β-unsaturated/α-hetero) is 2. The number of carbonyl (C=O) groups excluding carboxylic acids is 3. The van der Waals surface area contributed by atoms with Crippen LogP contribution in [0, 0.1) is 0 Å². The Morgan fingerprint density at radius 3 is 2.68 bits per heavy atom. The van der Waals surface area contributed by atoms with Gasteiger partial charge in [0.25, 0.3) is 5.91 Å². The zero-order chi connectivity index (χ0) is 13.4. The number of hydrogen-bond acceptors (Lipinski definition) is 5. The maximum Gasteiger partial charge on any atom is 0.274 e. The molecule has 1 atom stereocenters. The molecule has 1 unspecified atom stereocenters. The van der Waals surface area contributed by atoms with Gasteiger partial charge < -0.3 is 4.90 Å². The molecule has 1 amide bonds. The lowest BCUT2D eigenvalue weighted by molar-refractivity contribution is -0.133. The Labute approximate surface area is 109 Å². The molecule has 2 heterocycles. The van der Waals surface area contributed by atoms with Gasteiger partial charge in [0.05, 0.1) is 18.2 Å². The molecule has 6 nitrogen and oxygen atoms in total. The molecule has 1 aliphatic carbocycles. The first-order valence-corrected chi connectivity index (χ1v) is 6.32. The quantitative estimate of drug-likeness (QED) is 0.671. The Hall–Kier alpha value is -2.11. The van der Waals surface area contributed by atoms with Gasteiger partial charge in [-0.15, -0.1) is 0 Å². The van der Waals surface area contributed by atoms with Crippen molar-refractivity contribution in [3.05, 3.63) is 23.8 Å². The van der Waals surface area contributed by atoms with Crippen molar-refractivity contribution in [2.24, 2.45) is 0 Å². The molecule has 1 saturated carbocycles. The molecule has 0 bridgehead atoms. The monoisotopic (exact) mass is 259 g/mol. The van der Waals surface area contributed by atoms with E-state index >= 15 is 0 Å². The van der Waals surface area contributed by atoms with E-state index in [0.29, 0.717) is 37.2 Å². The van der Waals surface area contributed by atoms with Crippen molar-refractivity contribution >= 4 is 17.5 Å². The number of aromatic nitrogens is 2. The molecule has 0 saturated heterocycles. The zero-order valence-electron chi connectivity index (χ0n) is 10.3. The van der Waals surface area contributed by atoms with E-state index in [0.717, 1.165) is 0 Å². The third-order valence-electron chi connectivity index (χ3n) is 3.64. The minimum absolute atomic E-state index is 0.0362. The Morgan fingerprint density at radius 2 is 1.89 bits per heavy atom. The molecule has 6 heteroatoms. The number of carbonyl (C=O) groups is 3. The number of nitrogens with zero attached hydrogens (tertiary/aromatic N) is 3. The highest BCUT2D eigenvalue weighted by molar-refractivity contribution is 6.06. The second-order valence-electron chi connectivity index (χ2n) is 4.84. The number of ketones is 2. The number of amides is 1. The lowest BCUT2D eigenvalue weighted by atomic mass is 9.90. The van der Waals surface area contributed by atoms with Gasteiger partial charge in [-0.1, -0.05) is 0 Å². The van der Waals surface area contributed by atoms with Crippen molar-refractivity contribution < 1.29 is 14.4 Å². The Bertz CT molecular complexity index is 570. The Morgan fingerprint density at radius 1 is 1.11 bits per heavy atom. The summed E-state index contributed by atoms with van der Waals surface area (Å²) in [6, 6.07) is -0.472. The molecule has 1 aliphatic heterocycles. The summed E-state index contributed by atoms with van der Waals surface area (Å²) in [4.78, 5) is 45.2. The lowest BCUT2D eigenvalue weighted by Gasteiger charge is -2.35. The fraction of sp³-hybridized carbons (Fsp3) is 0.462. The highest BCUT2D eigenvalue weighted by Gasteiger charge is 2.37. The highest BCUT2D eigenvalue weighted by atomic mass is 16.2. The average Bonchev–Trinajstić information content (AvgIpc) is 2.41. The molecule has 3 rings (SSSR count). The van der Waals surface area contributed by atoms with Crippen molar-refractivity contribution in [3.63, 3.8) is 0 Å². The number of fused-ring (bicyclic) bond motifs is 1. The van der Waals surface area contributed by atoms with Crippen molar-refractivity contribution in [2.45, 2.75) is 31.7 Å². The maximum atomic E-state index is 12.3. The van der Waals surface area contributed by atoms with Crippen LogP contribution >= 0.6 is 0 Å². The van der Waals surface area contributed by atoms with E-state index < -0.39 is 6.04 Å². The highest BCUT2D eigenvalue weighted by Crippen LogP contribution is 2.23. The molecular formula is C13H13N3O3. The first-order valence-electron chi connectivity index (χ1n) is 6.32. The summed E-state index contributed by atoms with van der Waals surface area (Å²) in [6.45, 7) is 0.467. The van der Waals surface area contributed by atoms with E-state index in [1.54, 1.807) is 11.1 Å². The SMILES string of the molecule is O=C1CCC(N2CCc3nccnc3C2=O)C(=O)C1. The zero-order valence-corrected chi connectivity index (χ0v) is 10.3. The van der Waals surface area contributed by atoms with Gasteiger partial charge in [-0.3, -0.25) is 19.4 Å². The van der Waals surface area contributed by atoms with Gasteiger partial charge >= 0.3 is 0 Å². The predicted octanol–water partition coefficient (Wildman–Crippen LogP) is 0.166. The summed E-state index contributed by atoms with van der Waals surface area (Å²) in [7, 11) is 0. The molecule has 0 spiro atoms. The van der Waals surface area contributed by atoms with E-state index in [-0.39, 0.29) is 23.9 Å². The van der Waals surface area contributed by atoms with Gasteiger partial charge in [-0.05, 0) is 6.42 Å². The van der Waals surface area contributed by atoms with Crippen molar-refractivity contribution in [2.75, 3.05) is 6.54 Å². The van der Waals surface area contributed by atoms with Crippen LogP contribution in [0.3, 0.4) is 0 Å². The average molecular weight is 259 g/mol. The van der Waals surface area contributed by atoms with Gasteiger partial charge in [0.1, 0.15) is 11.5 Å². The summed E-state index contributed by atoms with van der Waals surface area (Å²) in [6.07, 6.45) is 4.39. The van der Waals surface area contributed by atoms with Crippen LogP contribution in [0.15, 0.2) is 12.4 Å². The topological polar surface area (TPSA) is 80.2 Å². The second kappa shape index (κ2) is 4.53. The van der Waals surface area contributed by atoms with Gasteiger partial charge in [-0.25, -0.2) is 4.98 Å². The van der Waals surface area contributed by atoms with Crippen LogP contribution < -0.4 is 0 Å². The maximum absolute atomic E-state index is 12.3. The van der Waals surface area contributed by atoms with Crippen LogP contribution in [0.5, 0.6) is 0 Å². The van der Waals surface area contributed by atoms with Crippen LogP contribution in [-0.2, 0) is 16.0 Å². The molecule has 19 heavy (non-hydrogen) atoms. The molecule has 98 valence electrons. The standard InChI is InChI=1S/C13H13N3O3/c17-8-1-2-10(11(18)7-8)16-6-3-9-12(13(16)19)15-5-4-14-9/h4-5,10H,1-3,6-7H2. The molecule has 1 fully saturated rings. The summed E-state index contributed by atoms with van der Waals surface area (Å²) >= 11 is 0. The third kappa shape index (κ3) is 2.03. The molecule has 0 aromatic carbocycles. The normalized spacial score (nSPS) is 23.5. The van der Waals surface area contributed by atoms with Gasteiger partial charge in [0, 0.05) is 31.8 Å². The predicted molar refractivity (Wildman–Crippen MR) is 64.4 cm³/mol. The fourth-order valence-electron chi connectivity index (χ4n) is 2.68. The molecule has 2 aliphatic rings. The lowest BCUT2D eigenvalue weighted by Crippen LogP contribution is -2.51. The third-order valence-corrected chi connectivity index (χ3v) is 3.64. The van der Waals surface area contributed by atoms with Crippen LogP contribution in [0.25, 0.3) is 0 Å². The van der Waals surface area contributed by atoms with Gasteiger partial charge in [0.15, 0.2) is 5.78 Å². The molecule has 1 aromatic heterocycles. The summed E-state index contributed by atoms with van der Waals surface area (Å²) < 4.78 is 0. The van der Waals surface area contributed by atoms with Crippen molar-refractivity contribution in [1.82, 2.24) is 14.9 Å². The van der Waals surface area contributed by atoms with Crippen molar-refractivity contribution in [1.29, 1.82) is 0 Å². The minimum atomic E-state index is -0.472. The number of rotatable bonds is 1. The first-order chi connectivity index (χ1) is 9.16. The van der Waals surface area contributed by atoms with Crippen LogP contribution in [0.1, 0.15) is 35.4 Å². The summed E-state index contributed by atoms with van der Waals surface area (Å²) in [5, 5.41) is 0. The van der Waals surface area contributed by atoms with Crippen molar-refractivity contribution in [3.8, 4) is 0 Å². The first kappa shape index (κ1) is 12.0. The van der Waals surface area contributed by atoms with E-state index in [1.807, 2.05) is 0 Å². The molecule has 0 N–H and O–H groups in total. The second-order valence-corrected chi connectivity index (χ2v) is 4.84. The fourth-order valence-corrected chi connectivity index (χ4v) is 2.68. The molecule has 0 radical (unpaired) electrons. The minimum Gasteiger partial charge on any atom is -0.327 e. The largest absolute Gasteiger partial charge is 0.327 e. The van der Waals surface area contributed by atoms with Gasteiger partial charge in [-0.2, -0.15) is 0 Å². The summed E-state index contributed by atoms with van der Waals surface area (Å²) in [5.74, 6) is -0.440. The van der Waals surface area contributed by atoms with Gasteiger partial charge in [0.2, 0.25) is 0 Å². The smallest absolute Gasteiger partial charge is 0.274 e. The van der Waals surface area contributed by atoms with E-state index in [9.17, 15) is 14.4 Å². The molecular weight excluding hydrogens is 246 g/mol. The van der Waals surface area contributed by atoms with Crippen LogP contribution in [-0.4, -0.2) is 44.9 Å². The van der Waals surface area contributed by atoms with E-state index in [4.69, 9.17) is 0 Å². The van der Waals surface area contributed by atoms with Crippen LogP contribution in [0.4, 0.5) is 0 Å². The van der Waals surface area contributed by atoms with E-state index in [1.165, 1.54) is 6.20 Å². The molecule has 1 aromatic rings. The number of hydrogen-bond donors (Lipinski definition) is 0.